The van der Waals surface area contributed by atoms with E-state index in [1.54, 1.807) is 37.5 Å². The first-order chi connectivity index (χ1) is 13.5. The summed E-state index contributed by atoms with van der Waals surface area (Å²) < 4.78 is 27.8. The fraction of sp³-hybridized carbons (Fsp3) is 0.333. The SMILES string of the molecule is C=CC[C@@]12C=CC(OC)(OC)c3onc(c31)-c1c(OC)cc(OC)cc1C2=O. The summed E-state index contributed by atoms with van der Waals surface area (Å²) in [7, 11) is 6.09. The van der Waals surface area contributed by atoms with Crippen molar-refractivity contribution < 1.29 is 28.3 Å². The maximum absolute atomic E-state index is 13.8. The van der Waals surface area contributed by atoms with Crippen LogP contribution in [0.25, 0.3) is 11.3 Å². The molecule has 1 aromatic carbocycles. The third kappa shape index (κ3) is 2.11. The first kappa shape index (κ1) is 18.5. The largest absolute Gasteiger partial charge is 0.497 e. The molecule has 0 amide bonds. The molecule has 0 fully saturated rings. The molecule has 0 unspecified atom stereocenters. The number of rotatable bonds is 6. The third-order valence-electron chi connectivity index (χ3n) is 5.53. The smallest absolute Gasteiger partial charge is 0.251 e. The van der Waals surface area contributed by atoms with Crippen molar-refractivity contribution in [1.82, 2.24) is 5.16 Å². The molecule has 7 heteroatoms. The summed E-state index contributed by atoms with van der Waals surface area (Å²) in [6.07, 6.45) is 5.56. The Hall–Kier alpha value is -2.90. The number of hydrogen-bond donors (Lipinski definition) is 0. The maximum Gasteiger partial charge on any atom is 0.251 e. The fourth-order valence-corrected chi connectivity index (χ4v) is 4.14. The minimum atomic E-state index is -1.26. The van der Waals surface area contributed by atoms with E-state index in [4.69, 9.17) is 23.5 Å². The molecule has 0 radical (unpaired) electrons. The van der Waals surface area contributed by atoms with Gasteiger partial charge in [-0.1, -0.05) is 17.3 Å². The quantitative estimate of drug-likeness (QED) is 0.559. The number of hydrogen-bond acceptors (Lipinski definition) is 7. The van der Waals surface area contributed by atoms with E-state index in [1.165, 1.54) is 21.3 Å². The van der Waals surface area contributed by atoms with E-state index in [2.05, 4.69) is 11.7 Å². The van der Waals surface area contributed by atoms with E-state index in [-0.39, 0.29) is 5.78 Å². The topological polar surface area (TPSA) is 80.0 Å². The molecule has 0 N–H and O–H groups in total. The van der Waals surface area contributed by atoms with E-state index in [0.717, 1.165) is 0 Å². The standard InChI is InChI=1S/C21H21NO6/c1-6-7-20-8-9-21(26-4,27-5)19-16(20)17(22-28-19)15-13(18(20)23)10-12(24-2)11-14(15)25-3/h6,8-11H,1,7H2,2-5H3/t20-/m1/s1. The number of benzene rings is 1. The van der Waals surface area contributed by atoms with Crippen LogP contribution in [0.4, 0.5) is 0 Å². The van der Waals surface area contributed by atoms with Gasteiger partial charge in [-0.05, 0) is 18.6 Å². The Kier molecular flexibility index (Phi) is 4.17. The molecule has 0 aliphatic heterocycles. The van der Waals surface area contributed by atoms with E-state index < -0.39 is 11.2 Å². The third-order valence-corrected chi connectivity index (χ3v) is 5.53. The van der Waals surface area contributed by atoms with Gasteiger partial charge in [-0.15, -0.1) is 6.58 Å². The molecule has 0 saturated heterocycles. The van der Waals surface area contributed by atoms with Gasteiger partial charge >= 0.3 is 0 Å². The first-order valence-corrected chi connectivity index (χ1v) is 8.75. The lowest BCUT2D eigenvalue weighted by molar-refractivity contribution is -0.193. The van der Waals surface area contributed by atoms with Gasteiger partial charge in [0, 0.05) is 31.4 Å². The monoisotopic (exact) mass is 383 g/mol. The van der Waals surface area contributed by atoms with Crippen molar-refractivity contribution in [3.63, 3.8) is 0 Å². The second kappa shape index (κ2) is 6.32. The Labute approximate surface area is 162 Å². The zero-order chi connectivity index (χ0) is 20.1. The number of ketones is 1. The molecule has 1 atom stereocenters. The summed E-state index contributed by atoms with van der Waals surface area (Å²) in [6, 6.07) is 3.41. The Morgan fingerprint density at radius 3 is 2.50 bits per heavy atom. The van der Waals surface area contributed by atoms with Crippen molar-refractivity contribution >= 4 is 5.78 Å². The Morgan fingerprint density at radius 1 is 1.14 bits per heavy atom. The summed E-state index contributed by atoms with van der Waals surface area (Å²) in [5.74, 6) is -0.0426. The average Bonchev–Trinajstić information content (AvgIpc) is 3.19. The predicted molar refractivity (Wildman–Crippen MR) is 101 cm³/mol. The van der Waals surface area contributed by atoms with Crippen LogP contribution in [0.5, 0.6) is 11.5 Å². The second-order valence-electron chi connectivity index (χ2n) is 6.69. The van der Waals surface area contributed by atoms with Crippen molar-refractivity contribution in [2.24, 2.45) is 0 Å². The fourth-order valence-electron chi connectivity index (χ4n) is 4.14. The van der Waals surface area contributed by atoms with Gasteiger partial charge in [-0.2, -0.15) is 0 Å². The summed E-state index contributed by atoms with van der Waals surface area (Å²) in [5, 5.41) is 4.29. The highest BCUT2D eigenvalue weighted by atomic mass is 16.7. The highest BCUT2D eigenvalue weighted by Gasteiger charge is 2.56. The lowest BCUT2D eigenvalue weighted by Gasteiger charge is -2.39. The number of fused-ring (bicyclic) bond motifs is 2. The van der Waals surface area contributed by atoms with Crippen LogP contribution in [-0.2, 0) is 20.7 Å². The molecule has 0 saturated carbocycles. The van der Waals surface area contributed by atoms with Crippen LogP contribution in [0.15, 0.2) is 41.5 Å². The minimum absolute atomic E-state index is 0.117. The van der Waals surface area contributed by atoms with Gasteiger partial charge < -0.3 is 23.5 Å². The number of carbonyl (C=O) groups excluding carboxylic acids is 1. The van der Waals surface area contributed by atoms with E-state index in [9.17, 15) is 4.79 Å². The van der Waals surface area contributed by atoms with Gasteiger partial charge in [-0.3, -0.25) is 4.79 Å². The Balaban J connectivity index is 2.12. The molecular weight excluding hydrogens is 362 g/mol. The van der Waals surface area contributed by atoms with Crippen molar-refractivity contribution in [1.29, 1.82) is 0 Å². The van der Waals surface area contributed by atoms with E-state index >= 15 is 0 Å². The molecule has 2 aliphatic rings. The Morgan fingerprint density at radius 2 is 1.89 bits per heavy atom. The van der Waals surface area contributed by atoms with Crippen LogP contribution in [0.3, 0.4) is 0 Å². The van der Waals surface area contributed by atoms with Crippen molar-refractivity contribution in [2.75, 3.05) is 28.4 Å². The zero-order valence-electron chi connectivity index (χ0n) is 16.2. The van der Waals surface area contributed by atoms with Crippen LogP contribution in [-0.4, -0.2) is 39.4 Å². The van der Waals surface area contributed by atoms with Crippen LogP contribution in [0, 0.1) is 0 Å². The van der Waals surface area contributed by atoms with Crippen molar-refractivity contribution in [3.05, 3.63) is 53.8 Å². The molecule has 7 nitrogen and oxygen atoms in total. The number of carbonyl (C=O) groups is 1. The molecule has 0 bridgehead atoms. The lowest BCUT2D eigenvalue weighted by atomic mass is 9.63. The van der Waals surface area contributed by atoms with Gasteiger partial charge in [0.15, 0.2) is 5.78 Å². The normalized spacial score (nSPS) is 21.1. The number of allylic oxidation sites excluding steroid dienone is 2. The second-order valence-corrected chi connectivity index (χ2v) is 6.69. The highest BCUT2D eigenvalue weighted by molar-refractivity contribution is 6.15. The molecule has 2 aliphatic carbocycles. The zero-order valence-corrected chi connectivity index (χ0v) is 16.2. The maximum atomic E-state index is 13.8. The van der Waals surface area contributed by atoms with Crippen LogP contribution < -0.4 is 9.47 Å². The van der Waals surface area contributed by atoms with Crippen LogP contribution in [0.1, 0.15) is 28.1 Å². The summed E-state index contributed by atoms with van der Waals surface area (Å²) in [5.41, 5.74) is 1.14. The van der Waals surface area contributed by atoms with E-state index in [1.807, 2.05) is 0 Å². The highest BCUT2D eigenvalue weighted by Crippen LogP contribution is 2.55. The predicted octanol–water partition coefficient (Wildman–Crippen LogP) is 3.38. The van der Waals surface area contributed by atoms with Gasteiger partial charge in [0.25, 0.3) is 5.79 Å². The van der Waals surface area contributed by atoms with Crippen LogP contribution >= 0.6 is 0 Å². The van der Waals surface area contributed by atoms with E-state index in [0.29, 0.717) is 46.1 Å². The number of ether oxygens (including phenoxy) is 4. The number of nitrogens with zero attached hydrogens (tertiary/aromatic N) is 1. The van der Waals surface area contributed by atoms with Gasteiger partial charge in [0.05, 0.1) is 25.2 Å². The number of methoxy groups -OCH3 is 4. The first-order valence-electron chi connectivity index (χ1n) is 8.75. The van der Waals surface area contributed by atoms with Gasteiger partial charge in [0.2, 0.25) is 5.76 Å². The van der Waals surface area contributed by atoms with Gasteiger partial charge in [0.1, 0.15) is 17.2 Å². The molecular formula is C21H21NO6. The van der Waals surface area contributed by atoms with Crippen molar-refractivity contribution in [3.8, 4) is 22.8 Å². The molecule has 0 spiro atoms. The van der Waals surface area contributed by atoms with Gasteiger partial charge in [-0.25, -0.2) is 0 Å². The summed E-state index contributed by atoms with van der Waals surface area (Å²) in [4.78, 5) is 13.8. The molecule has 28 heavy (non-hydrogen) atoms. The average molecular weight is 383 g/mol. The molecule has 1 aromatic heterocycles. The summed E-state index contributed by atoms with van der Waals surface area (Å²) in [6.45, 7) is 3.84. The van der Waals surface area contributed by atoms with Crippen LogP contribution in [0.2, 0.25) is 0 Å². The number of aromatic nitrogens is 1. The molecule has 2 aromatic rings. The molecule has 146 valence electrons. The molecule has 4 rings (SSSR count). The number of Topliss-reactive ketones (excluding diaryl/α,β-unsaturated/α-hetero) is 1. The molecule has 1 heterocycles. The lowest BCUT2D eigenvalue weighted by Crippen LogP contribution is -2.44. The van der Waals surface area contributed by atoms with Crippen molar-refractivity contribution in [2.45, 2.75) is 17.6 Å². The Bertz CT molecular complexity index is 1000. The summed E-state index contributed by atoms with van der Waals surface area (Å²) >= 11 is 0. The minimum Gasteiger partial charge on any atom is -0.497 e.